The van der Waals surface area contributed by atoms with E-state index in [2.05, 4.69) is 9.62 Å². The van der Waals surface area contributed by atoms with E-state index in [9.17, 15) is 12.8 Å². The normalized spacial score (nSPS) is 18.6. The maximum atomic E-state index is 13.7. The van der Waals surface area contributed by atoms with Crippen LogP contribution >= 0.6 is 0 Å². The number of nitrogens with two attached hydrogens (primary N) is 1. The summed E-state index contributed by atoms with van der Waals surface area (Å²) in [5.41, 5.74) is 5.73. The Bertz CT molecular complexity index is 588. The average Bonchev–Trinajstić information content (AvgIpc) is 2.41. The summed E-state index contributed by atoms with van der Waals surface area (Å²) in [6.07, 6.45) is 0. The van der Waals surface area contributed by atoms with Gasteiger partial charge in [0.2, 0.25) is 10.0 Å². The molecule has 1 aliphatic heterocycles. The third-order valence-corrected chi connectivity index (χ3v) is 4.84. The van der Waals surface area contributed by atoms with E-state index in [1.54, 1.807) is 6.92 Å². The monoisotopic (exact) mass is 317 g/mol. The lowest BCUT2D eigenvalue weighted by Crippen LogP contribution is -2.46. The molecule has 1 fully saturated rings. The van der Waals surface area contributed by atoms with Crippen LogP contribution in [0.2, 0.25) is 0 Å². The summed E-state index contributed by atoms with van der Waals surface area (Å²) in [6.45, 7) is 5.10. The Balaban J connectivity index is 2.04. The van der Waals surface area contributed by atoms with Crippen LogP contribution in [-0.2, 0) is 14.8 Å². The van der Waals surface area contributed by atoms with Gasteiger partial charge >= 0.3 is 0 Å². The summed E-state index contributed by atoms with van der Waals surface area (Å²) in [4.78, 5) is 1.68. The minimum Gasteiger partial charge on any atom is -0.399 e. The Labute approximate surface area is 124 Å². The first-order valence-corrected chi connectivity index (χ1v) is 8.24. The van der Waals surface area contributed by atoms with Gasteiger partial charge in [0.05, 0.1) is 13.2 Å². The fourth-order valence-corrected chi connectivity index (χ4v) is 3.61. The van der Waals surface area contributed by atoms with Crippen molar-refractivity contribution < 1.29 is 17.5 Å². The largest absolute Gasteiger partial charge is 0.399 e. The van der Waals surface area contributed by atoms with Crippen molar-refractivity contribution in [3.05, 3.63) is 24.0 Å². The second kappa shape index (κ2) is 6.69. The van der Waals surface area contributed by atoms with Crippen molar-refractivity contribution in [3.63, 3.8) is 0 Å². The lowest BCUT2D eigenvalue weighted by molar-refractivity contribution is 0.0354. The van der Waals surface area contributed by atoms with Crippen molar-refractivity contribution in [3.8, 4) is 0 Å². The minimum absolute atomic E-state index is 0.206. The van der Waals surface area contributed by atoms with E-state index in [4.69, 9.17) is 10.5 Å². The van der Waals surface area contributed by atoms with E-state index >= 15 is 0 Å². The second-order valence-electron chi connectivity index (χ2n) is 5.13. The maximum absolute atomic E-state index is 13.7. The SMILES string of the molecule is CC(CN1CCOCC1)NS(=O)(=O)c1cc(N)ccc1F. The summed E-state index contributed by atoms with van der Waals surface area (Å²) in [6, 6.07) is 3.16. The predicted octanol–water partition coefficient (Wildman–Crippen LogP) is 0.407. The summed E-state index contributed by atoms with van der Waals surface area (Å²) in [5, 5.41) is 0. The van der Waals surface area contributed by atoms with Gasteiger partial charge in [-0.25, -0.2) is 17.5 Å². The molecule has 3 N–H and O–H groups in total. The number of morpholine rings is 1. The van der Waals surface area contributed by atoms with E-state index in [0.29, 0.717) is 19.8 Å². The van der Waals surface area contributed by atoms with Crippen molar-refractivity contribution in [2.75, 3.05) is 38.6 Å². The molecule has 1 saturated heterocycles. The number of nitrogens with one attached hydrogen (secondary N) is 1. The van der Waals surface area contributed by atoms with Crippen molar-refractivity contribution in [2.24, 2.45) is 0 Å². The van der Waals surface area contributed by atoms with Crippen molar-refractivity contribution in [1.29, 1.82) is 0 Å². The van der Waals surface area contributed by atoms with Gasteiger partial charge in [0, 0.05) is 31.4 Å². The van der Waals surface area contributed by atoms with E-state index in [0.717, 1.165) is 25.2 Å². The zero-order valence-electron chi connectivity index (χ0n) is 11.9. The second-order valence-corrected chi connectivity index (χ2v) is 6.81. The highest BCUT2D eigenvalue weighted by molar-refractivity contribution is 7.89. The van der Waals surface area contributed by atoms with E-state index in [1.165, 1.54) is 6.07 Å². The molecular weight excluding hydrogens is 297 g/mol. The summed E-state index contributed by atoms with van der Waals surface area (Å²) in [7, 11) is -3.93. The number of hydrogen-bond acceptors (Lipinski definition) is 5. The molecule has 0 bridgehead atoms. The highest BCUT2D eigenvalue weighted by Crippen LogP contribution is 2.18. The predicted molar refractivity (Wildman–Crippen MR) is 77.9 cm³/mol. The smallest absolute Gasteiger partial charge is 0.243 e. The first-order valence-electron chi connectivity index (χ1n) is 6.76. The number of nitrogens with zero attached hydrogens (tertiary/aromatic N) is 1. The van der Waals surface area contributed by atoms with Gasteiger partial charge in [-0.15, -0.1) is 0 Å². The molecule has 0 aliphatic carbocycles. The molecule has 0 amide bonds. The van der Waals surface area contributed by atoms with Crippen LogP contribution in [0.4, 0.5) is 10.1 Å². The number of halogens is 1. The Kier molecular flexibility index (Phi) is 5.15. The topological polar surface area (TPSA) is 84.7 Å². The summed E-state index contributed by atoms with van der Waals surface area (Å²) < 4.78 is 45.8. The molecule has 6 nitrogen and oxygen atoms in total. The van der Waals surface area contributed by atoms with Gasteiger partial charge < -0.3 is 10.5 Å². The molecule has 1 atom stereocenters. The molecule has 0 aromatic heterocycles. The van der Waals surface area contributed by atoms with Gasteiger partial charge in [-0.2, -0.15) is 0 Å². The van der Waals surface area contributed by atoms with Crippen LogP contribution in [0, 0.1) is 5.82 Å². The lowest BCUT2D eigenvalue weighted by Gasteiger charge is -2.29. The molecular formula is C13H20FN3O3S. The van der Waals surface area contributed by atoms with Crippen LogP contribution in [0.5, 0.6) is 0 Å². The van der Waals surface area contributed by atoms with Gasteiger partial charge in [-0.1, -0.05) is 0 Å². The van der Waals surface area contributed by atoms with E-state index in [1.807, 2.05) is 0 Å². The summed E-state index contributed by atoms with van der Waals surface area (Å²) >= 11 is 0. The minimum atomic E-state index is -3.93. The molecule has 1 aliphatic rings. The molecule has 2 rings (SSSR count). The van der Waals surface area contributed by atoms with Crippen LogP contribution in [0.1, 0.15) is 6.92 Å². The first-order chi connectivity index (χ1) is 9.88. The highest BCUT2D eigenvalue weighted by atomic mass is 32.2. The number of nitrogen functional groups attached to an aromatic ring is 1. The molecule has 1 aromatic carbocycles. The zero-order chi connectivity index (χ0) is 15.5. The standard InChI is InChI=1S/C13H20FN3O3S/c1-10(9-17-4-6-20-7-5-17)16-21(18,19)13-8-11(15)2-3-12(13)14/h2-3,8,10,16H,4-7,9,15H2,1H3. The van der Waals surface area contributed by atoms with Gasteiger partial charge in [0.15, 0.2) is 0 Å². The maximum Gasteiger partial charge on any atom is 0.243 e. The van der Waals surface area contributed by atoms with Crippen molar-refractivity contribution in [1.82, 2.24) is 9.62 Å². The molecule has 1 unspecified atom stereocenters. The molecule has 0 radical (unpaired) electrons. The van der Waals surface area contributed by atoms with Gasteiger partial charge in [0.25, 0.3) is 0 Å². The molecule has 0 saturated carbocycles. The Morgan fingerprint density at radius 2 is 2.10 bits per heavy atom. The fourth-order valence-electron chi connectivity index (χ4n) is 2.26. The Morgan fingerprint density at radius 1 is 1.43 bits per heavy atom. The molecule has 1 aromatic rings. The molecule has 0 spiro atoms. The highest BCUT2D eigenvalue weighted by Gasteiger charge is 2.23. The van der Waals surface area contributed by atoms with Crippen molar-refractivity contribution in [2.45, 2.75) is 17.9 Å². The zero-order valence-corrected chi connectivity index (χ0v) is 12.7. The third-order valence-electron chi connectivity index (χ3n) is 3.24. The van der Waals surface area contributed by atoms with Gasteiger partial charge in [-0.3, -0.25) is 4.90 Å². The van der Waals surface area contributed by atoms with E-state index < -0.39 is 20.7 Å². The van der Waals surface area contributed by atoms with Crippen LogP contribution < -0.4 is 10.5 Å². The van der Waals surface area contributed by atoms with Gasteiger partial charge in [-0.05, 0) is 25.1 Å². The summed E-state index contributed by atoms with van der Waals surface area (Å²) in [5.74, 6) is -0.810. The van der Waals surface area contributed by atoms with Crippen LogP contribution in [-0.4, -0.2) is 52.2 Å². The van der Waals surface area contributed by atoms with E-state index in [-0.39, 0.29) is 11.7 Å². The number of anilines is 1. The van der Waals surface area contributed by atoms with Crippen molar-refractivity contribution >= 4 is 15.7 Å². The molecule has 1 heterocycles. The number of sulfonamides is 1. The lowest BCUT2D eigenvalue weighted by atomic mass is 10.3. The number of ether oxygens (including phenoxy) is 1. The first kappa shape index (κ1) is 16.2. The average molecular weight is 317 g/mol. The number of benzene rings is 1. The van der Waals surface area contributed by atoms with Crippen LogP contribution in [0.25, 0.3) is 0 Å². The molecule has 8 heteroatoms. The van der Waals surface area contributed by atoms with Crippen LogP contribution in [0.3, 0.4) is 0 Å². The van der Waals surface area contributed by atoms with Gasteiger partial charge in [0.1, 0.15) is 10.7 Å². The van der Waals surface area contributed by atoms with Crippen LogP contribution in [0.15, 0.2) is 23.1 Å². The Morgan fingerprint density at radius 3 is 2.76 bits per heavy atom. The molecule has 21 heavy (non-hydrogen) atoms. The fraction of sp³-hybridized carbons (Fsp3) is 0.538. The number of rotatable bonds is 5. The molecule has 118 valence electrons. The number of hydrogen-bond donors (Lipinski definition) is 2. The third kappa shape index (κ3) is 4.37. The quantitative estimate of drug-likeness (QED) is 0.768. The Hall–Kier alpha value is -1.22.